The number of ether oxygens (including phenoxy) is 10. The Labute approximate surface area is 486 Å². The third kappa shape index (κ3) is 10.5. The second kappa shape index (κ2) is 23.2. The molecule has 15 N–H and O–H groups in total. The lowest BCUT2D eigenvalue weighted by molar-refractivity contribution is -0.375. The molecule has 32 atom stereocenters. The van der Waals surface area contributed by atoms with E-state index >= 15 is 4.79 Å². The second-order valence-electron chi connectivity index (χ2n) is 28.0. The highest BCUT2D eigenvalue weighted by atomic mass is 16.8. The fourth-order valence-corrected chi connectivity index (χ4v) is 17.4. The zero-order valence-corrected chi connectivity index (χ0v) is 48.6. The Balaban J connectivity index is 0.852. The van der Waals surface area contributed by atoms with Crippen molar-refractivity contribution in [3.63, 3.8) is 0 Å². The number of carbonyl (C=O) groups is 2. The molecule has 0 spiro atoms. The average molecular weight is 1210 g/mol. The molecule has 0 radical (unpaired) electrons. The van der Waals surface area contributed by atoms with Gasteiger partial charge in [0.1, 0.15) is 90.9 Å². The standard InChI is InChI=1S/C57H90O27/c1-21-40(79-47-39(71)41(27(61)20-76-47)80-46-36(68)31(63)25(59)18-75-46)35(67)38(70)48(78-21)82-43-32(64)26(60)19-77-50(43)84-51(74)57-14-13-52(2,3)15-23(57)22-9-10-29-54(6)16-24(58)44(83-49-37(69)33(65)34(66)42(81-49)45(72)73)53(4,5)28(54)11-12-55(29,7)56(22,8)17-30(57)62/h9,21,23-44,46-50,58-71H,10-20H2,1-8H3,(H,72,73)/t21-,23-,24-,25-,26-,27+,28-,29+,30+,31+,32-,33-,34-,35-,36+,37+,38+,39+,40-,41-,42-,43+,44-,46-,47-,48-,49-,50-,54-,55+,56+,57+/m0/s1. The summed E-state index contributed by atoms with van der Waals surface area (Å²) >= 11 is 0. The number of aliphatic carboxylic acids is 1. The van der Waals surface area contributed by atoms with E-state index in [1.807, 2.05) is 13.8 Å². The van der Waals surface area contributed by atoms with Crippen molar-refractivity contribution in [3.8, 4) is 0 Å². The molecule has 5 aliphatic carbocycles. The monoisotopic (exact) mass is 1210 g/mol. The molecule has 0 bridgehead atoms. The molecular formula is C57H90O27. The van der Waals surface area contributed by atoms with Gasteiger partial charge in [-0.2, -0.15) is 0 Å². The summed E-state index contributed by atoms with van der Waals surface area (Å²) in [5.41, 5.74) is -3.45. The Morgan fingerprint density at radius 3 is 1.77 bits per heavy atom. The van der Waals surface area contributed by atoms with Crippen LogP contribution in [0.3, 0.4) is 0 Å². The number of hydrogen-bond donors (Lipinski definition) is 15. The van der Waals surface area contributed by atoms with Crippen LogP contribution < -0.4 is 0 Å². The van der Waals surface area contributed by atoms with Crippen molar-refractivity contribution in [2.24, 2.45) is 50.2 Å². The summed E-state index contributed by atoms with van der Waals surface area (Å²) in [4.78, 5) is 27.4. The van der Waals surface area contributed by atoms with Crippen molar-refractivity contribution in [1.82, 2.24) is 0 Å². The molecule has 84 heavy (non-hydrogen) atoms. The Bertz CT molecular complexity index is 2410. The van der Waals surface area contributed by atoms with Crippen molar-refractivity contribution in [2.75, 3.05) is 19.8 Å². The van der Waals surface area contributed by atoms with Crippen molar-refractivity contribution < 1.29 is 134 Å². The lowest BCUT2D eigenvalue weighted by Gasteiger charge is -2.72. The SMILES string of the molecule is C[C@@H]1O[C@@H](O[C@H]2[C@H](OC(=O)[C@]34CCC(C)(C)C[C@H]3C3=CC[C@@H]5[C@@]6(C)C[C@H](O)[C@H](O[C@@H]7O[C@H](C(=O)O)[C@@H](O)[C@H](O)[C@H]7O)C(C)(C)[C@@H]6CC[C@@]5(C)[C@]3(C)C[C@H]4O)OC[C@H](O)[C@@H]2O)[C@H](O)[C@H](O)[C@H]1O[C@@H]1OC[C@@H](O)[C@H](O[C@@H]2OC[C@H](O)[C@@H](O)[C@H]2O)[C@H]1O. The predicted molar refractivity (Wildman–Crippen MR) is 279 cm³/mol. The van der Waals surface area contributed by atoms with E-state index in [9.17, 15) is 81.4 Å². The van der Waals surface area contributed by atoms with Crippen molar-refractivity contribution in [1.29, 1.82) is 0 Å². The van der Waals surface area contributed by atoms with Crippen LogP contribution in [0.15, 0.2) is 11.6 Å². The number of aliphatic hydroxyl groups is 14. The summed E-state index contributed by atoms with van der Waals surface area (Å²) in [6.45, 7) is 14.7. The average Bonchev–Trinajstić information content (AvgIpc) is 0.690. The molecule has 27 heteroatoms. The van der Waals surface area contributed by atoms with E-state index < -0.39 is 218 Å². The van der Waals surface area contributed by atoms with Crippen LogP contribution in [-0.4, -0.2) is 262 Å². The number of carboxylic acid groups (broad SMARTS) is 1. The first-order valence-electron chi connectivity index (χ1n) is 29.6. The highest BCUT2D eigenvalue weighted by Crippen LogP contribution is 2.76. The molecule has 0 amide bonds. The number of aliphatic hydroxyl groups excluding tert-OH is 14. The van der Waals surface area contributed by atoms with Crippen LogP contribution in [0.5, 0.6) is 0 Å². The summed E-state index contributed by atoms with van der Waals surface area (Å²) < 4.78 is 58.4. The van der Waals surface area contributed by atoms with Gasteiger partial charge in [-0.3, -0.25) is 4.79 Å². The molecule has 9 fully saturated rings. The number of rotatable bonds is 11. The highest BCUT2D eigenvalue weighted by molar-refractivity contribution is 5.80. The van der Waals surface area contributed by atoms with Gasteiger partial charge in [-0.1, -0.05) is 60.1 Å². The summed E-state index contributed by atoms with van der Waals surface area (Å²) in [6.07, 6.45) is -35.1. The quantitative estimate of drug-likeness (QED) is 0.0549. The molecule has 480 valence electrons. The Hall–Kier alpha value is -2.24. The van der Waals surface area contributed by atoms with E-state index in [1.165, 1.54) is 6.92 Å². The van der Waals surface area contributed by atoms with Gasteiger partial charge in [-0.05, 0) is 103 Å². The third-order valence-corrected chi connectivity index (χ3v) is 22.2. The largest absolute Gasteiger partial charge is 0.479 e. The van der Waals surface area contributed by atoms with Gasteiger partial charge < -0.3 is 124 Å². The molecule has 0 aromatic rings. The molecule has 10 rings (SSSR count). The highest BCUT2D eigenvalue weighted by Gasteiger charge is 2.73. The van der Waals surface area contributed by atoms with E-state index in [4.69, 9.17) is 47.4 Å². The van der Waals surface area contributed by atoms with Gasteiger partial charge in [0.05, 0.1) is 44.2 Å². The molecule has 0 unspecified atom stereocenters. The summed E-state index contributed by atoms with van der Waals surface area (Å²) in [5, 5.41) is 165. The van der Waals surface area contributed by atoms with E-state index in [-0.39, 0.29) is 36.5 Å². The Morgan fingerprint density at radius 2 is 1.11 bits per heavy atom. The van der Waals surface area contributed by atoms with E-state index in [0.29, 0.717) is 32.1 Å². The zero-order valence-electron chi connectivity index (χ0n) is 48.6. The van der Waals surface area contributed by atoms with E-state index in [1.54, 1.807) is 0 Å². The first-order valence-corrected chi connectivity index (χ1v) is 29.6. The van der Waals surface area contributed by atoms with Crippen LogP contribution in [0.2, 0.25) is 0 Å². The van der Waals surface area contributed by atoms with Crippen LogP contribution in [-0.2, 0) is 57.0 Å². The molecule has 5 saturated heterocycles. The van der Waals surface area contributed by atoms with Gasteiger partial charge in [0, 0.05) is 0 Å². The minimum absolute atomic E-state index is 0.0817. The van der Waals surface area contributed by atoms with Crippen LogP contribution >= 0.6 is 0 Å². The van der Waals surface area contributed by atoms with Gasteiger partial charge in [-0.25, -0.2) is 4.79 Å². The minimum atomic E-state index is -1.98. The minimum Gasteiger partial charge on any atom is -0.479 e. The number of allylic oxidation sites excluding steroid dienone is 2. The van der Waals surface area contributed by atoms with Gasteiger partial charge >= 0.3 is 11.9 Å². The maximum atomic E-state index is 15.4. The third-order valence-electron chi connectivity index (χ3n) is 22.2. The molecule has 5 aliphatic heterocycles. The Morgan fingerprint density at radius 1 is 0.536 bits per heavy atom. The molecule has 27 nitrogen and oxygen atoms in total. The van der Waals surface area contributed by atoms with Crippen molar-refractivity contribution in [3.05, 3.63) is 11.6 Å². The van der Waals surface area contributed by atoms with Gasteiger partial charge in [-0.15, -0.1) is 0 Å². The molecule has 0 aromatic carbocycles. The van der Waals surface area contributed by atoms with Crippen LogP contribution in [0, 0.1) is 50.2 Å². The predicted octanol–water partition coefficient (Wildman–Crippen LogP) is -3.23. The van der Waals surface area contributed by atoms with Crippen molar-refractivity contribution >= 4 is 11.9 Å². The van der Waals surface area contributed by atoms with Crippen LogP contribution in [0.4, 0.5) is 0 Å². The number of fused-ring (bicyclic) bond motifs is 7. The van der Waals surface area contributed by atoms with Crippen molar-refractivity contribution in [2.45, 2.75) is 260 Å². The lowest BCUT2D eigenvalue weighted by atomic mass is 9.33. The number of esters is 1. The first kappa shape index (κ1) is 64.7. The summed E-state index contributed by atoms with van der Waals surface area (Å²) in [5.74, 6) is -3.15. The fourth-order valence-electron chi connectivity index (χ4n) is 17.4. The fraction of sp³-hybridized carbons (Fsp3) is 0.930. The maximum absolute atomic E-state index is 15.4. The van der Waals surface area contributed by atoms with E-state index in [0.717, 1.165) is 5.57 Å². The number of carbonyl (C=O) groups excluding carboxylic acids is 1. The summed E-state index contributed by atoms with van der Waals surface area (Å²) in [7, 11) is 0. The molecule has 4 saturated carbocycles. The Kier molecular flexibility index (Phi) is 17.9. The lowest BCUT2D eigenvalue weighted by Crippen LogP contribution is -2.70. The smallest absolute Gasteiger partial charge is 0.335 e. The van der Waals surface area contributed by atoms with Gasteiger partial charge in [0.25, 0.3) is 0 Å². The molecule has 5 heterocycles. The topological polar surface area (TPSA) is 430 Å². The molecule has 0 aromatic heterocycles. The molecular weight excluding hydrogens is 1120 g/mol. The van der Waals surface area contributed by atoms with Crippen LogP contribution in [0.1, 0.15) is 107 Å². The normalized spacial score (nSPS) is 54.6. The van der Waals surface area contributed by atoms with Gasteiger partial charge in [0.2, 0.25) is 6.29 Å². The molecule has 10 aliphatic rings. The van der Waals surface area contributed by atoms with Gasteiger partial charge in [0.15, 0.2) is 37.4 Å². The van der Waals surface area contributed by atoms with Crippen LogP contribution in [0.25, 0.3) is 0 Å². The maximum Gasteiger partial charge on any atom is 0.335 e. The van der Waals surface area contributed by atoms with E-state index in [2.05, 4.69) is 40.7 Å². The number of carboxylic acids is 1. The second-order valence-corrected chi connectivity index (χ2v) is 28.0. The summed E-state index contributed by atoms with van der Waals surface area (Å²) in [6, 6.07) is 0. The zero-order chi connectivity index (χ0) is 61.5. The first-order chi connectivity index (χ1) is 39.1. The number of hydrogen-bond acceptors (Lipinski definition) is 26.